The summed E-state index contributed by atoms with van der Waals surface area (Å²) in [4.78, 5) is 29.3. The summed E-state index contributed by atoms with van der Waals surface area (Å²) < 4.78 is 0. The molecule has 16 heavy (non-hydrogen) atoms. The van der Waals surface area contributed by atoms with E-state index in [1.165, 1.54) is 0 Å². The number of para-hydroxylation sites is 2. The first kappa shape index (κ1) is 10.3. The molecule has 0 fully saturated rings. The first-order valence-corrected chi connectivity index (χ1v) is 4.68. The second kappa shape index (κ2) is 4.11. The highest BCUT2D eigenvalue weighted by Gasteiger charge is 2.08. The molecule has 6 heteroatoms. The Hall–Kier alpha value is -2.21. The molecule has 1 amide bonds. The predicted molar refractivity (Wildman–Crippen MR) is 58.4 cm³/mol. The Labute approximate surface area is 90.5 Å². The molecular weight excluding hydrogens is 208 g/mol. The molecular formula is C10H10N4O2. The standard InChI is InChI=1S/C10H10N4O2/c11-14-9(15)5-8-10(16)13-7-4-2-1-3-6(7)12-8/h1-4H,5,11H2,(H,13,16)(H,14,15). The van der Waals surface area contributed by atoms with Gasteiger partial charge >= 0.3 is 0 Å². The third-order valence-corrected chi connectivity index (χ3v) is 2.16. The van der Waals surface area contributed by atoms with Crippen molar-refractivity contribution in [1.29, 1.82) is 0 Å². The number of hydrogen-bond acceptors (Lipinski definition) is 4. The number of nitrogens with zero attached hydrogens (tertiary/aromatic N) is 1. The minimum atomic E-state index is -0.451. The molecule has 0 aliphatic heterocycles. The highest BCUT2D eigenvalue weighted by molar-refractivity contribution is 5.79. The number of hydrazine groups is 1. The van der Waals surface area contributed by atoms with E-state index in [-0.39, 0.29) is 17.7 Å². The summed E-state index contributed by atoms with van der Waals surface area (Å²) in [6, 6.07) is 7.11. The molecule has 6 nitrogen and oxygen atoms in total. The van der Waals surface area contributed by atoms with Crippen LogP contribution in [0.4, 0.5) is 0 Å². The van der Waals surface area contributed by atoms with Gasteiger partial charge in [0.25, 0.3) is 5.56 Å². The van der Waals surface area contributed by atoms with E-state index in [2.05, 4.69) is 9.97 Å². The first-order valence-electron chi connectivity index (χ1n) is 4.68. The van der Waals surface area contributed by atoms with Crippen molar-refractivity contribution >= 4 is 16.9 Å². The van der Waals surface area contributed by atoms with Gasteiger partial charge in [-0.1, -0.05) is 12.1 Å². The van der Waals surface area contributed by atoms with E-state index in [1.54, 1.807) is 24.3 Å². The third-order valence-electron chi connectivity index (χ3n) is 2.16. The number of hydrogen-bond donors (Lipinski definition) is 3. The molecule has 82 valence electrons. The van der Waals surface area contributed by atoms with Gasteiger partial charge < -0.3 is 4.98 Å². The van der Waals surface area contributed by atoms with Crippen LogP contribution in [0.5, 0.6) is 0 Å². The lowest BCUT2D eigenvalue weighted by Crippen LogP contribution is -2.33. The number of aromatic amines is 1. The molecule has 2 rings (SSSR count). The molecule has 1 aromatic heterocycles. The molecule has 0 bridgehead atoms. The quantitative estimate of drug-likeness (QED) is 0.358. The normalized spacial score (nSPS) is 10.3. The Balaban J connectivity index is 2.50. The third kappa shape index (κ3) is 1.91. The van der Waals surface area contributed by atoms with Gasteiger partial charge in [0.2, 0.25) is 5.91 Å². The summed E-state index contributed by atoms with van der Waals surface area (Å²) in [7, 11) is 0. The lowest BCUT2D eigenvalue weighted by atomic mass is 10.2. The summed E-state index contributed by atoms with van der Waals surface area (Å²) in [5.41, 5.74) is 3.02. The average molecular weight is 218 g/mol. The van der Waals surface area contributed by atoms with E-state index in [1.807, 2.05) is 5.43 Å². The number of H-pyrrole nitrogens is 1. The van der Waals surface area contributed by atoms with Crippen LogP contribution in [0.3, 0.4) is 0 Å². The summed E-state index contributed by atoms with van der Waals surface area (Å²) in [5.74, 6) is 4.49. The van der Waals surface area contributed by atoms with E-state index in [0.29, 0.717) is 11.0 Å². The molecule has 0 aliphatic rings. The number of benzene rings is 1. The summed E-state index contributed by atoms with van der Waals surface area (Å²) >= 11 is 0. The van der Waals surface area contributed by atoms with Gasteiger partial charge in [0.1, 0.15) is 5.69 Å². The first-order chi connectivity index (χ1) is 7.70. The molecule has 0 atom stereocenters. The van der Waals surface area contributed by atoms with Crippen molar-refractivity contribution in [1.82, 2.24) is 15.4 Å². The molecule has 0 aliphatic carbocycles. The van der Waals surface area contributed by atoms with Gasteiger partial charge in [-0.15, -0.1) is 0 Å². The number of carbonyl (C=O) groups excluding carboxylic acids is 1. The summed E-state index contributed by atoms with van der Waals surface area (Å²) in [6.45, 7) is 0. The van der Waals surface area contributed by atoms with Gasteiger partial charge in [0, 0.05) is 0 Å². The topological polar surface area (TPSA) is 101 Å². The van der Waals surface area contributed by atoms with Crippen molar-refractivity contribution in [2.45, 2.75) is 6.42 Å². The van der Waals surface area contributed by atoms with Crippen molar-refractivity contribution in [3.63, 3.8) is 0 Å². The maximum atomic E-state index is 11.5. The number of rotatable bonds is 2. The van der Waals surface area contributed by atoms with Gasteiger partial charge in [-0.05, 0) is 12.1 Å². The van der Waals surface area contributed by atoms with Crippen LogP contribution in [0.1, 0.15) is 5.69 Å². The van der Waals surface area contributed by atoms with Crippen LogP contribution >= 0.6 is 0 Å². The average Bonchev–Trinajstić information content (AvgIpc) is 2.30. The molecule has 0 spiro atoms. The van der Waals surface area contributed by atoms with E-state index < -0.39 is 5.91 Å². The van der Waals surface area contributed by atoms with Crippen LogP contribution in [0.15, 0.2) is 29.1 Å². The van der Waals surface area contributed by atoms with Gasteiger partial charge in [-0.25, -0.2) is 10.8 Å². The molecule has 4 N–H and O–H groups in total. The van der Waals surface area contributed by atoms with Crippen LogP contribution in [0, 0.1) is 0 Å². The monoisotopic (exact) mass is 218 g/mol. The van der Waals surface area contributed by atoms with Gasteiger partial charge in [0.05, 0.1) is 17.5 Å². The number of amides is 1. The second-order valence-corrected chi connectivity index (χ2v) is 3.27. The Morgan fingerprint density at radius 3 is 2.94 bits per heavy atom. The Morgan fingerprint density at radius 2 is 2.19 bits per heavy atom. The molecule has 0 saturated heterocycles. The van der Waals surface area contributed by atoms with Gasteiger partial charge in [-0.2, -0.15) is 0 Å². The molecule has 0 saturated carbocycles. The smallest absolute Gasteiger partial charge is 0.270 e. The molecule has 0 radical (unpaired) electrons. The Morgan fingerprint density at radius 1 is 1.44 bits per heavy atom. The van der Waals surface area contributed by atoms with E-state index in [0.717, 1.165) is 0 Å². The van der Waals surface area contributed by atoms with Crippen molar-refractivity contribution < 1.29 is 4.79 Å². The van der Waals surface area contributed by atoms with Crippen molar-refractivity contribution in [2.24, 2.45) is 5.84 Å². The van der Waals surface area contributed by atoms with Crippen LogP contribution in [-0.4, -0.2) is 15.9 Å². The second-order valence-electron chi connectivity index (χ2n) is 3.27. The highest BCUT2D eigenvalue weighted by atomic mass is 16.2. The van der Waals surface area contributed by atoms with Crippen LogP contribution in [-0.2, 0) is 11.2 Å². The minimum Gasteiger partial charge on any atom is -0.319 e. The van der Waals surface area contributed by atoms with Crippen molar-refractivity contribution in [2.75, 3.05) is 0 Å². The number of fused-ring (bicyclic) bond motifs is 1. The number of carbonyl (C=O) groups is 1. The fourth-order valence-electron chi connectivity index (χ4n) is 1.39. The van der Waals surface area contributed by atoms with E-state index in [9.17, 15) is 9.59 Å². The fraction of sp³-hybridized carbons (Fsp3) is 0.100. The van der Waals surface area contributed by atoms with E-state index in [4.69, 9.17) is 5.84 Å². The lowest BCUT2D eigenvalue weighted by Gasteiger charge is -2.01. The fourth-order valence-corrected chi connectivity index (χ4v) is 1.39. The van der Waals surface area contributed by atoms with Crippen molar-refractivity contribution in [3.8, 4) is 0 Å². The Kier molecular flexibility index (Phi) is 2.65. The van der Waals surface area contributed by atoms with Crippen LogP contribution in [0.2, 0.25) is 0 Å². The molecule has 1 heterocycles. The van der Waals surface area contributed by atoms with Crippen molar-refractivity contribution in [3.05, 3.63) is 40.3 Å². The number of aromatic nitrogens is 2. The highest BCUT2D eigenvalue weighted by Crippen LogP contribution is 2.05. The largest absolute Gasteiger partial charge is 0.319 e. The van der Waals surface area contributed by atoms with Crippen LogP contribution in [0.25, 0.3) is 11.0 Å². The zero-order chi connectivity index (χ0) is 11.5. The number of nitrogens with two attached hydrogens (primary N) is 1. The molecule has 1 aromatic carbocycles. The van der Waals surface area contributed by atoms with Crippen LogP contribution < -0.4 is 16.8 Å². The zero-order valence-electron chi connectivity index (χ0n) is 8.36. The predicted octanol–water partition coefficient (Wildman–Crippen LogP) is -0.545. The summed E-state index contributed by atoms with van der Waals surface area (Å²) in [5, 5.41) is 0. The SMILES string of the molecule is NNC(=O)Cc1nc2ccccc2[nH]c1=O. The van der Waals surface area contributed by atoms with Gasteiger partial charge in [0.15, 0.2) is 0 Å². The maximum absolute atomic E-state index is 11.5. The molecule has 2 aromatic rings. The zero-order valence-corrected chi connectivity index (χ0v) is 8.36. The summed E-state index contributed by atoms with van der Waals surface area (Å²) in [6.07, 6.45) is -0.128. The molecule has 0 unspecified atom stereocenters. The minimum absolute atomic E-state index is 0.128. The number of nitrogens with one attached hydrogen (secondary N) is 2. The lowest BCUT2D eigenvalue weighted by molar-refractivity contribution is -0.120. The van der Waals surface area contributed by atoms with Gasteiger partial charge in [-0.3, -0.25) is 15.0 Å². The maximum Gasteiger partial charge on any atom is 0.270 e. The Bertz CT molecular complexity index is 591. The van der Waals surface area contributed by atoms with E-state index >= 15 is 0 Å².